The molecule has 1 saturated carbocycles. The zero-order chi connectivity index (χ0) is 17.0. The Kier molecular flexibility index (Phi) is 5.42. The van der Waals surface area contributed by atoms with E-state index in [9.17, 15) is 14.7 Å². The smallest absolute Gasteiger partial charge is 0.336 e. The molecule has 1 fully saturated rings. The highest BCUT2D eigenvalue weighted by Crippen LogP contribution is 2.42. The third-order valence-electron chi connectivity index (χ3n) is 4.88. The molecule has 0 heterocycles. The van der Waals surface area contributed by atoms with Gasteiger partial charge in [0.15, 0.2) is 0 Å². The monoisotopic (exact) mass is 319 g/mol. The number of methoxy groups -OCH3 is 1. The first-order chi connectivity index (χ1) is 10.9. The van der Waals surface area contributed by atoms with Crippen LogP contribution in [0.2, 0.25) is 0 Å². The van der Waals surface area contributed by atoms with Crippen molar-refractivity contribution >= 4 is 17.6 Å². The lowest BCUT2D eigenvalue weighted by Crippen LogP contribution is -2.35. The predicted molar refractivity (Wildman–Crippen MR) is 88.9 cm³/mol. The molecule has 1 amide bonds. The number of hydrogen-bond donors (Lipinski definition) is 2. The molecule has 1 aliphatic carbocycles. The van der Waals surface area contributed by atoms with Gasteiger partial charge in [0.2, 0.25) is 5.91 Å². The largest absolute Gasteiger partial charge is 0.478 e. The maximum atomic E-state index is 12.8. The number of ether oxygens (including phenoxy) is 1. The minimum atomic E-state index is -0.979. The van der Waals surface area contributed by atoms with Gasteiger partial charge in [-0.25, -0.2) is 4.79 Å². The summed E-state index contributed by atoms with van der Waals surface area (Å²) < 4.78 is 5.16. The third kappa shape index (κ3) is 3.72. The number of carbonyl (C=O) groups is 2. The molecule has 1 aromatic carbocycles. The lowest BCUT2D eigenvalue weighted by atomic mass is 9.81. The number of carboxylic acid groups (broad SMARTS) is 1. The van der Waals surface area contributed by atoms with Crippen LogP contribution in [-0.2, 0) is 9.53 Å². The molecule has 5 heteroatoms. The van der Waals surface area contributed by atoms with E-state index in [1.807, 2.05) is 6.92 Å². The molecule has 5 nitrogen and oxygen atoms in total. The van der Waals surface area contributed by atoms with Crippen LogP contribution in [-0.4, -0.2) is 30.7 Å². The number of amides is 1. The molecule has 0 spiro atoms. The molecule has 0 unspecified atom stereocenters. The maximum Gasteiger partial charge on any atom is 0.336 e. The van der Waals surface area contributed by atoms with E-state index >= 15 is 0 Å². The van der Waals surface area contributed by atoms with E-state index in [-0.39, 0.29) is 11.5 Å². The first-order valence-corrected chi connectivity index (χ1v) is 8.04. The Morgan fingerprint density at radius 1 is 1.22 bits per heavy atom. The van der Waals surface area contributed by atoms with Gasteiger partial charge in [-0.15, -0.1) is 0 Å². The Balaban J connectivity index is 2.25. The number of nitrogens with one attached hydrogen (secondary N) is 1. The highest BCUT2D eigenvalue weighted by Gasteiger charge is 2.40. The Labute approximate surface area is 137 Å². The summed E-state index contributed by atoms with van der Waals surface area (Å²) in [5.74, 6) is -0.997. The van der Waals surface area contributed by atoms with Gasteiger partial charge < -0.3 is 15.2 Å². The van der Waals surface area contributed by atoms with Crippen molar-refractivity contribution in [3.8, 4) is 0 Å². The number of benzene rings is 1. The lowest BCUT2D eigenvalue weighted by Gasteiger charge is -2.28. The van der Waals surface area contributed by atoms with Crippen molar-refractivity contribution < 1.29 is 19.4 Å². The molecule has 0 aromatic heterocycles. The van der Waals surface area contributed by atoms with E-state index in [1.165, 1.54) is 0 Å². The maximum absolute atomic E-state index is 12.8. The van der Waals surface area contributed by atoms with Crippen molar-refractivity contribution in [1.82, 2.24) is 0 Å². The highest BCUT2D eigenvalue weighted by atomic mass is 16.5. The third-order valence-corrected chi connectivity index (χ3v) is 4.88. The molecule has 0 radical (unpaired) electrons. The number of aromatic carboxylic acids is 1. The number of aryl methyl sites for hydroxylation is 2. The van der Waals surface area contributed by atoms with Crippen LogP contribution in [0.15, 0.2) is 12.1 Å². The van der Waals surface area contributed by atoms with Crippen molar-refractivity contribution in [1.29, 1.82) is 0 Å². The van der Waals surface area contributed by atoms with Crippen LogP contribution in [0, 0.1) is 19.3 Å². The molecule has 1 aliphatic rings. The van der Waals surface area contributed by atoms with Crippen LogP contribution in [0.25, 0.3) is 0 Å². The number of rotatable bonds is 6. The zero-order valence-corrected chi connectivity index (χ0v) is 14.1. The Morgan fingerprint density at radius 2 is 1.87 bits per heavy atom. The van der Waals surface area contributed by atoms with Crippen LogP contribution in [0.3, 0.4) is 0 Å². The second kappa shape index (κ2) is 7.13. The summed E-state index contributed by atoms with van der Waals surface area (Å²) in [7, 11) is 1.64. The summed E-state index contributed by atoms with van der Waals surface area (Å²) in [4.78, 5) is 24.1. The first kappa shape index (κ1) is 17.5. The van der Waals surface area contributed by atoms with Gasteiger partial charge >= 0.3 is 5.97 Å². The SMILES string of the molecule is COCCC1(C(=O)Nc2cc(C(=O)O)c(C)cc2C)CCCC1. The molecule has 1 aromatic rings. The molecule has 0 saturated heterocycles. The number of anilines is 1. The van der Waals surface area contributed by atoms with Gasteiger partial charge in [0.05, 0.1) is 11.0 Å². The molecule has 23 heavy (non-hydrogen) atoms. The van der Waals surface area contributed by atoms with E-state index in [0.29, 0.717) is 24.3 Å². The Bertz CT molecular complexity index is 603. The van der Waals surface area contributed by atoms with Gasteiger partial charge in [-0.05, 0) is 50.3 Å². The minimum Gasteiger partial charge on any atom is -0.478 e. The van der Waals surface area contributed by atoms with Crippen LogP contribution in [0.4, 0.5) is 5.69 Å². The van der Waals surface area contributed by atoms with Crippen molar-refractivity contribution in [2.24, 2.45) is 5.41 Å². The van der Waals surface area contributed by atoms with Gasteiger partial charge in [0.25, 0.3) is 0 Å². The van der Waals surface area contributed by atoms with Crippen LogP contribution >= 0.6 is 0 Å². The number of carboxylic acids is 1. The fourth-order valence-corrected chi connectivity index (χ4v) is 3.41. The summed E-state index contributed by atoms with van der Waals surface area (Å²) >= 11 is 0. The second-order valence-electron chi connectivity index (χ2n) is 6.47. The van der Waals surface area contributed by atoms with Gasteiger partial charge in [-0.3, -0.25) is 4.79 Å². The molecule has 0 bridgehead atoms. The minimum absolute atomic E-state index is 0.0182. The van der Waals surface area contributed by atoms with E-state index in [0.717, 1.165) is 31.2 Å². The van der Waals surface area contributed by atoms with Gasteiger partial charge in [-0.1, -0.05) is 18.9 Å². The average Bonchev–Trinajstić information content (AvgIpc) is 2.97. The van der Waals surface area contributed by atoms with E-state index in [1.54, 1.807) is 26.2 Å². The van der Waals surface area contributed by atoms with Crippen LogP contribution in [0.5, 0.6) is 0 Å². The second-order valence-corrected chi connectivity index (χ2v) is 6.47. The molecule has 0 atom stereocenters. The summed E-state index contributed by atoms with van der Waals surface area (Å²) in [6.45, 7) is 4.20. The summed E-state index contributed by atoms with van der Waals surface area (Å²) in [6, 6.07) is 3.36. The number of carbonyl (C=O) groups excluding carboxylic acids is 1. The molecule has 0 aliphatic heterocycles. The average molecular weight is 319 g/mol. The fourth-order valence-electron chi connectivity index (χ4n) is 3.41. The molecule has 126 valence electrons. The molecule has 2 rings (SSSR count). The topological polar surface area (TPSA) is 75.6 Å². The zero-order valence-electron chi connectivity index (χ0n) is 14.1. The van der Waals surface area contributed by atoms with Gasteiger partial charge in [-0.2, -0.15) is 0 Å². The van der Waals surface area contributed by atoms with Gasteiger partial charge in [0.1, 0.15) is 0 Å². The molecule has 2 N–H and O–H groups in total. The lowest BCUT2D eigenvalue weighted by molar-refractivity contribution is -0.126. The van der Waals surface area contributed by atoms with Gasteiger partial charge in [0, 0.05) is 19.4 Å². The summed E-state index contributed by atoms with van der Waals surface area (Å²) in [5.41, 5.74) is 1.99. The van der Waals surface area contributed by atoms with Crippen molar-refractivity contribution in [3.05, 3.63) is 28.8 Å². The Hall–Kier alpha value is -1.88. The molecular formula is C18H25NO4. The standard InChI is InChI=1S/C18H25NO4/c1-12-10-13(2)15(11-14(12)16(20)21)19-17(22)18(8-9-23-3)6-4-5-7-18/h10-11H,4-9H2,1-3H3,(H,19,22)(H,20,21). The van der Waals surface area contributed by atoms with Crippen LogP contribution < -0.4 is 5.32 Å². The van der Waals surface area contributed by atoms with Crippen molar-refractivity contribution in [3.63, 3.8) is 0 Å². The summed E-state index contributed by atoms with van der Waals surface area (Å²) in [6.07, 6.45) is 4.51. The molecular weight excluding hydrogens is 294 g/mol. The normalized spacial score (nSPS) is 16.3. The van der Waals surface area contributed by atoms with Crippen LogP contribution in [0.1, 0.15) is 53.6 Å². The fraction of sp³-hybridized carbons (Fsp3) is 0.556. The Morgan fingerprint density at radius 3 is 2.43 bits per heavy atom. The quantitative estimate of drug-likeness (QED) is 0.841. The predicted octanol–water partition coefficient (Wildman–Crippen LogP) is 3.54. The van der Waals surface area contributed by atoms with E-state index in [2.05, 4.69) is 5.32 Å². The van der Waals surface area contributed by atoms with E-state index < -0.39 is 11.4 Å². The van der Waals surface area contributed by atoms with E-state index in [4.69, 9.17) is 4.74 Å². The highest BCUT2D eigenvalue weighted by molar-refractivity contribution is 5.98. The first-order valence-electron chi connectivity index (χ1n) is 8.04. The van der Waals surface area contributed by atoms with Crippen molar-refractivity contribution in [2.45, 2.75) is 46.0 Å². The number of hydrogen-bond acceptors (Lipinski definition) is 3. The van der Waals surface area contributed by atoms with Crippen molar-refractivity contribution in [2.75, 3.05) is 19.0 Å². The summed E-state index contributed by atoms with van der Waals surface area (Å²) in [5, 5.41) is 12.2.